The van der Waals surface area contributed by atoms with Crippen LogP contribution in [0.3, 0.4) is 0 Å². The average Bonchev–Trinajstić information content (AvgIpc) is 2.50. The lowest BCUT2D eigenvalue weighted by Crippen LogP contribution is -1.99. The van der Waals surface area contributed by atoms with Gasteiger partial charge in [0.1, 0.15) is 6.29 Å². The first kappa shape index (κ1) is 6.35. The van der Waals surface area contributed by atoms with Crippen LogP contribution in [-0.4, -0.2) is 6.29 Å². The van der Waals surface area contributed by atoms with E-state index in [0.29, 0.717) is 0 Å². The molecular formula is C10H8O. The Kier molecular flexibility index (Phi) is 1.35. The summed E-state index contributed by atoms with van der Waals surface area (Å²) >= 11 is 0. The summed E-state index contributed by atoms with van der Waals surface area (Å²) < 4.78 is 0. The van der Waals surface area contributed by atoms with Crippen molar-refractivity contribution in [2.45, 2.75) is 0 Å². The van der Waals surface area contributed by atoms with E-state index < -0.39 is 0 Å². The lowest BCUT2D eigenvalue weighted by molar-refractivity contribution is -0.108. The first-order chi connectivity index (χ1) is 5.40. The van der Waals surface area contributed by atoms with Gasteiger partial charge in [-0.05, 0) is 11.1 Å². The minimum absolute atomic E-state index is 0.0232. The topological polar surface area (TPSA) is 17.1 Å². The van der Waals surface area contributed by atoms with Gasteiger partial charge in [0.05, 0.1) is 5.92 Å². The smallest absolute Gasteiger partial charge is 0.130 e. The Labute approximate surface area is 65.4 Å². The minimum atomic E-state index is -0.0232. The Balaban J connectivity index is 2.36. The van der Waals surface area contributed by atoms with Crippen LogP contribution in [0.25, 0.3) is 0 Å². The van der Waals surface area contributed by atoms with Gasteiger partial charge in [0.2, 0.25) is 0 Å². The third-order valence-electron chi connectivity index (χ3n) is 1.91. The summed E-state index contributed by atoms with van der Waals surface area (Å²) in [4.78, 5) is 10.4. The van der Waals surface area contributed by atoms with Gasteiger partial charge in [0.25, 0.3) is 0 Å². The quantitative estimate of drug-likeness (QED) is 0.513. The molecule has 54 valence electrons. The van der Waals surface area contributed by atoms with E-state index >= 15 is 0 Å². The van der Waals surface area contributed by atoms with Crippen molar-refractivity contribution in [1.82, 2.24) is 0 Å². The summed E-state index contributed by atoms with van der Waals surface area (Å²) in [6, 6.07) is 0. The predicted octanol–water partition coefficient (Wildman–Crippen LogP) is 1.79. The number of hydrogen-bond acceptors (Lipinski definition) is 1. The molecule has 0 spiro atoms. The molecular weight excluding hydrogens is 136 g/mol. The van der Waals surface area contributed by atoms with Crippen molar-refractivity contribution in [1.29, 1.82) is 0 Å². The first-order valence-corrected chi connectivity index (χ1v) is 3.64. The van der Waals surface area contributed by atoms with E-state index in [1.54, 1.807) is 0 Å². The SMILES string of the molecule is O=CC1C=CC2=CC=CC2=C1. The van der Waals surface area contributed by atoms with Gasteiger partial charge < -0.3 is 4.79 Å². The van der Waals surface area contributed by atoms with E-state index in [0.717, 1.165) is 6.29 Å². The maximum Gasteiger partial charge on any atom is 0.130 e. The zero-order chi connectivity index (χ0) is 7.68. The van der Waals surface area contributed by atoms with E-state index in [4.69, 9.17) is 0 Å². The molecule has 0 N–H and O–H groups in total. The zero-order valence-corrected chi connectivity index (χ0v) is 6.03. The molecule has 0 bridgehead atoms. The second-order valence-electron chi connectivity index (χ2n) is 2.68. The van der Waals surface area contributed by atoms with Crippen molar-refractivity contribution in [2.24, 2.45) is 5.92 Å². The van der Waals surface area contributed by atoms with E-state index in [2.05, 4.69) is 0 Å². The highest BCUT2D eigenvalue weighted by Gasteiger charge is 2.11. The summed E-state index contributed by atoms with van der Waals surface area (Å²) in [5.41, 5.74) is 2.38. The predicted molar refractivity (Wildman–Crippen MR) is 44.0 cm³/mol. The molecule has 0 aliphatic heterocycles. The van der Waals surface area contributed by atoms with Gasteiger partial charge in [-0.2, -0.15) is 0 Å². The van der Waals surface area contributed by atoms with Crippen molar-refractivity contribution in [3.63, 3.8) is 0 Å². The highest BCUT2D eigenvalue weighted by molar-refractivity contribution is 5.67. The Morgan fingerprint density at radius 2 is 2.18 bits per heavy atom. The summed E-state index contributed by atoms with van der Waals surface area (Å²) in [5.74, 6) is -0.0232. The van der Waals surface area contributed by atoms with Gasteiger partial charge in [-0.1, -0.05) is 36.5 Å². The van der Waals surface area contributed by atoms with Crippen molar-refractivity contribution >= 4 is 6.29 Å². The number of rotatable bonds is 1. The van der Waals surface area contributed by atoms with Gasteiger partial charge in [0.15, 0.2) is 0 Å². The molecule has 0 amide bonds. The van der Waals surface area contributed by atoms with Gasteiger partial charge in [-0.25, -0.2) is 0 Å². The maximum absolute atomic E-state index is 10.4. The molecule has 0 fully saturated rings. The van der Waals surface area contributed by atoms with E-state index in [-0.39, 0.29) is 5.92 Å². The van der Waals surface area contributed by atoms with Crippen molar-refractivity contribution in [2.75, 3.05) is 0 Å². The molecule has 0 saturated carbocycles. The molecule has 0 radical (unpaired) electrons. The van der Waals surface area contributed by atoms with Crippen LogP contribution in [0.1, 0.15) is 0 Å². The minimum Gasteiger partial charge on any atom is -0.302 e. The molecule has 2 aliphatic carbocycles. The van der Waals surface area contributed by atoms with Crippen molar-refractivity contribution < 1.29 is 4.79 Å². The Hall–Kier alpha value is -1.37. The highest BCUT2D eigenvalue weighted by atomic mass is 16.1. The Bertz CT molecular complexity index is 303. The molecule has 0 saturated heterocycles. The third-order valence-corrected chi connectivity index (χ3v) is 1.91. The van der Waals surface area contributed by atoms with Crippen molar-refractivity contribution in [3.05, 3.63) is 47.6 Å². The molecule has 1 unspecified atom stereocenters. The molecule has 2 aliphatic rings. The summed E-state index contributed by atoms with van der Waals surface area (Å²) in [6.07, 6.45) is 12.9. The summed E-state index contributed by atoms with van der Waals surface area (Å²) in [6.45, 7) is 0. The molecule has 0 aromatic heterocycles. The number of aldehydes is 1. The summed E-state index contributed by atoms with van der Waals surface area (Å²) in [5, 5.41) is 0. The lowest BCUT2D eigenvalue weighted by atomic mass is 9.96. The fourth-order valence-corrected chi connectivity index (χ4v) is 1.31. The second-order valence-corrected chi connectivity index (χ2v) is 2.68. The van der Waals surface area contributed by atoms with Gasteiger partial charge in [-0.3, -0.25) is 0 Å². The van der Waals surface area contributed by atoms with Crippen LogP contribution in [-0.2, 0) is 4.79 Å². The maximum atomic E-state index is 10.4. The van der Waals surface area contributed by atoms with Crippen LogP contribution >= 0.6 is 0 Å². The van der Waals surface area contributed by atoms with Gasteiger partial charge >= 0.3 is 0 Å². The van der Waals surface area contributed by atoms with Crippen LogP contribution in [0.4, 0.5) is 0 Å². The molecule has 2 rings (SSSR count). The summed E-state index contributed by atoms with van der Waals surface area (Å²) in [7, 11) is 0. The first-order valence-electron chi connectivity index (χ1n) is 3.64. The Morgan fingerprint density at radius 1 is 1.27 bits per heavy atom. The zero-order valence-electron chi connectivity index (χ0n) is 6.03. The third kappa shape index (κ3) is 0.984. The fourth-order valence-electron chi connectivity index (χ4n) is 1.31. The number of allylic oxidation sites excluding steroid dienone is 8. The lowest BCUT2D eigenvalue weighted by Gasteiger charge is -2.08. The average molecular weight is 144 g/mol. The number of carbonyl (C=O) groups is 1. The Morgan fingerprint density at radius 3 is 3.00 bits per heavy atom. The van der Waals surface area contributed by atoms with Crippen LogP contribution in [0, 0.1) is 5.92 Å². The molecule has 1 nitrogen and oxygen atoms in total. The number of fused-ring (bicyclic) bond motifs is 1. The number of hydrogen-bond donors (Lipinski definition) is 0. The second kappa shape index (κ2) is 2.35. The van der Waals surface area contributed by atoms with Crippen LogP contribution in [0.2, 0.25) is 0 Å². The van der Waals surface area contributed by atoms with Crippen LogP contribution < -0.4 is 0 Å². The van der Waals surface area contributed by atoms with Gasteiger partial charge in [-0.15, -0.1) is 0 Å². The molecule has 11 heavy (non-hydrogen) atoms. The van der Waals surface area contributed by atoms with Gasteiger partial charge in [0, 0.05) is 0 Å². The van der Waals surface area contributed by atoms with Crippen LogP contribution in [0.5, 0.6) is 0 Å². The molecule has 0 heterocycles. The van der Waals surface area contributed by atoms with E-state index in [1.807, 2.05) is 36.5 Å². The van der Waals surface area contributed by atoms with Crippen LogP contribution in [0.15, 0.2) is 47.6 Å². The van der Waals surface area contributed by atoms with Crippen molar-refractivity contribution in [3.8, 4) is 0 Å². The van der Waals surface area contributed by atoms with E-state index in [1.165, 1.54) is 11.1 Å². The number of carbonyl (C=O) groups excluding carboxylic acids is 1. The standard InChI is InChI=1S/C10H8O/c11-7-8-4-5-9-2-1-3-10(9)6-8/h1-8H. The fraction of sp³-hybridized carbons (Fsp3) is 0.100. The normalized spacial score (nSPS) is 26.0. The van der Waals surface area contributed by atoms with E-state index in [9.17, 15) is 4.79 Å². The monoisotopic (exact) mass is 144 g/mol. The largest absolute Gasteiger partial charge is 0.302 e. The highest BCUT2D eigenvalue weighted by Crippen LogP contribution is 2.25. The molecule has 1 atom stereocenters. The molecule has 0 aromatic carbocycles. The molecule has 0 aromatic rings. The molecule has 1 heteroatoms.